The summed E-state index contributed by atoms with van der Waals surface area (Å²) >= 11 is 0. The van der Waals surface area contributed by atoms with Crippen molar-refractivity contribution in [3.63, 3.8) is 0 Å². The van der Waals surface area contributed by atoms with Crippen LogP contribution in [0.25, 0.3) is 0 Å². The van der Waals surface area contributed by atoms with Crippen LogP contribution in [0.5, 0.6) is 0 Å². The Balaban J connectivity index is 2.09. The summed E-state index contributed by atoms with van der Waals surface area (Å²) in [5.41, 5.74) is -3.29. The van der Waals surface area contributed by atoms with Gasteiger partial charge in [0.15, 0.2) is 0 Å². The average Bonchev–Trinajstić information content (AvgIpc) is 3.17. The molecule has 0 amide bonds. The second-order valence-corrected chi connectivity index (χ2v) is 7.11. The molecule has 1 aromatic heterocycles. The van der Waals surface area contributed by atoms with Gasteiger partial charge < -0.3 is 25.5 Å². The highest BCUT2D eigenvalue weighted by atomic mass is 19.4. The summed E-state index contributed by atoms with van der Waals surface area (Å²) in [6, 6.07) is 9.90. The zero-order valence-electron chi connectivity index (χ0n) is 16.8. The maximum Gasteiger partial charge on any atom is 0.425 e. The number of benzene rings is 2. The highest BCUT2D eigenvalue weighted by Crippen LogP contribution is 2.45. The van der Waals surface area contributed by atoms with Gasteiger partial charge in [-0.15, -0.1) is 6.58 Å². The third-order valence-electron chi connectivity index (χ3n) is 5.05. The molecule has 4 N–H and O–H groups in total. The fraction of sp³-hybridized carbons (Fsp3) is 0.174. The Morgan fingerprint density at radius 2 is 1.75 bits per heavy atom. The van der Waals surface area contributed by atoms with Crippen LogP contribution < -0.4 is 5.32 Å². The summed E-state index contributed by atoms with van der Waals surface area (Å²) in [5, 5.41) is 31.0. The molecule has 3 aromatic rings. The van der Waals surface area contributed by atoms with Gasteiger partial charge in [0, 0.05) is 47.2 Å². The molecule has 32 heavy (non-hydrogen) atoms. The summed E-state index contributed by atoms with van der Waals surface area (Å²) in [4.78, 5) is 0. The van der Waals surface area contributed by atoms with E-state index < -0.39 is 35.3 Å². The monoisotopic (exact) mass is 447 g/mol. The number of allylic oxidation sites excluding steroid dienone is 1. The highest BCUT2D eigenvalue weighted by Gasteiger charge is 2.57. The summed E-state index contributed by atoms with van der Waals surface area (Å²) in [7, 11) is 0. The van der Waals surface area contributed by atoms with Crippen LogP contribution in [0.15, 0.2) is 67.4 Å². The minimum Gasteiger partial charge on any atom is -0.390 e. The molecule has 0 saturated carbocycles. The number of aliphatic hydroxyl groups excluding tert-OH is 1. The van der Waals surface area contributed by atoms with Crippen LogP contribution >= 0.6 is 0 Å². The smallest absolute Gasteiger partial charge is 0.390 e. The topological polar surface area (TPSA) is 81.3 Å². The fourth-order valence-corrected chi connectivity index (χ4v) is 3.40. The van der Waals surface area contributed by atoms with Gasteiger partial charge in [-0.05, 0) is 48.0 Å². The van der Waals surface area contributed by atoms with Crippen molar-refractivity contribution in [2.45, 2.75) is 24.9 Å². The summed E-state index contributed by atoms with van der Waals surface area (Å²) < 4.78 is 57.0. The van der Waals surface area contributed by atoms with Crippen molar-refractivity contribution in [3.05, 3.63) is 95.6 Å². The Morgan fingerprint density at radius 1 is 1.06 bits per heavy atom. The van der Waals surface area contributed by atoms with E-state index in [1.807, 2.05) is 0 Å². The van der Waals surface area contributed by atoms with E-state index in [0.717, 1.165) is 30.6 Å². The number of nitrogens with one attached hydrogen (secondary N) is 2. The van der Waals surface area contributed by atoms with E-state index in [1.165, 1.54) is 41.0 Å². The van der Waals surface area contributed by atoms with Gasteiger partial charge in [0.1, 0.15) is 5.82 Å². The van der Waals surface area contributed by atoms with E-state index in [0.29, 0.717) is 11.4 Å². The zero-order valence-corrected chi connectivity index (χ0v) is 16.8. The summed E-state index contributed by atoms with van der Waals surface area (Å²) in [5.74, 6) is -0.445. The lowest BCUT2D eigenvalue weighted by atomic mass is 9.86. The van der Waals surface area contributed by atoms with E-state index in [1.54, 1.807) is 0 Å². The van der Waals surface area contributed by atoms with Gasteiger partial charge in [-0.1, -0.05) is 12.1 Å². The number of alkyl halides is 3. The molecule has 0 saturated heterocycles. The largest absolute Gasteiger partial charge is 0.425 e. The van der Waals surface area contributed by atoms with Crippen LogP contribution in [0.1, 0.15) is 22.4 Å². The molecule has 9 heteroatoms. The molecule has 0 fully saturated rings. The minimum atomic E-state index is -5.09. The molecule has 0 bridgehead atoms. The second kappa shape index (κ2) is 8.97. The number of aromatic nitrogens is 1. The van der Waals surface area contributed by atoms with Crippen molar-refractivity contribution in [1.82, 2.24) is 4.57 Å². The third-order valence-corrected chi connectivity index (χ3v) is 5.05. The van der Waals surface area contributed by atoms with Crippen LogP contribution in [0.4, 0.5) is 28.9 Å². The normalized spacial score (nSPS) is 13.4. The van der Waals surface area contributed by atoms with Crippen molar-refractivity contribution in [2.24, 2.45) is 0 Å². The molecule has 3 rings (SSSR count). The lowest BCUT2D eigenvalue weighted by molar-refractivity contribution is -0.248. The molecular weight excluding hydrogens is 426 g/mol. The first-order chi connectivity index (χ1) is 15.1. The Kier molecular flexibility index (Phi) is 6.52. The molecule has 0 radical (unpaired) electrons. The lowest BCUT2D eigenvalue weighted by Gasteiger charge is -2.31. The highest BCUT2D eigenvalue weighted by molar-refractivity contribution is 5.88. The third kappa shape index (κ3) is 4.30. The molecule has 0 aliphatic carbocycles. The molecule has 1 heterocycles. The van der Waals surface area contributed by atoms with E-state index in [-0.39, 0.29) is 17.8 Å². The molecule has 1 unspecified atom stereocenters. The van der Waals surface area contributed by atoms with Crippen molar-refractivity contribution in [2.75, 3.05) is 5.32 Å². The van der Waals surface area contributed by atoms with Gasteiger partial charge in [0.25, 0.3) is 0 Å². The Hall–Kier alpha value is -3.43. The molecule has 1 atom stereocenters. The Bertz CT molecular complexity index is 1120. The predicted molar refractivity (Wildman–Crippen MR) is 114 cm³/mol. The van der Waals surface area contributed by atoms with Gasteiger partial charge in [-0.3, -0.25) is 0 Å². The van der Waals surface area contributed by atoms with Crippen molar-refractivity contribution < 1.29 is 27.8 Å². The van der Waals surface area contributed by atoms with E-state index in [2.05, 4.69) is 11.9 Å². The van der Waals surface area contributed by atoms with Crippen LogP contribution in [0.3, 0.4) is 0 Å². The fourth-order valence-electron chi connectivity index (χ4n) is 3.40. The van der Waals surface area contributed by atoms with Gasteiger partial charge >= 0.3 is 6.18 Å². The maximum absolute atomic E-state index is 14.2. The quantitative estimate of drug-likeness (QED) is 0.227. The summed E-state index contributed by atoms with van der Waals surface area (Å²) in [6.07, 6.45) is -1.66. The van der Waals surface area contributed by atoms with Crippen LogP contribution in [0.2, 0.25) is 0 Å². The molecule has 0 aliphatic rings. The van der Waals surface area contributed by atoms with E-state index in [4.69, 9.17) is 5.41 Å². The van der Waals surface area contributed by atoms with E-state index >= 15 is 0 Å². The standard InChI is InChI=1S/C23H21F4N3O2/c1-2-9-30-13-17(11-20(30)14-31)22(32,23(25,26)27)16-3-8-21(15(10-16)12-28)29-19-6-4-18(24)5-7-19/h2-8,10-13,28-29,31-32H,1,9,14H2. The lowest BCUT2D eigenvalue weighted by Crippen LogP contribution is -2.43. The van der Waals surface area contributed by atoms with Gasteiger partial charge in [0.2, 0.25) is 5.60 Å². The molecule has 2 aromatic carbocycles. The summed E-state index contributed by atoms with van der Waals surface area (Å²) in [6.45, 7) is 3.17. The number of anilines is 2. The zero-order chi connectivity index (χ0) is 23.5. The Morgan fingerprint density at radius 3 is 2.31 bits per heavy atom. The van der Waals surface area contributed by atoms with E-state index in [9.17, 15) is 27.8 Å². The number of rotatable bonds is 8. The molecule has 0 aliphatic heterocycles. The molecular formula is C23H21F4N3O2. The van der Waals surface area contributed by atoms with Crippen LogP contribution in [-0.2, 0) is 18.8 Å². The number of aliphatic hydroxyl groups is 2. The van der Waals surface area contributed by atoms with Crippen molar-refractivity contribution >= 4 is 17.6 Å². The van der Waals surface area contributed by atoms with Gasteiger partial charge in [0.05, 0.1) is 6.61 Å². The van der Waals surface area contributed by atoms with Crippen LogP contribution in [0, 0.1) is 11.2 Å². The molecule has 5 nitrogen and oxygen atoms in total. The van der Waals surface area contributed by atoms with Gasteiger partial charge in [-0.2, -0.15) is 13.2 Å². The first kappa shape index (κ1) is 23.2. The number of nitrogens with zero attached hydrogens (tertiary/aromatic N) is 1. The average molecular weight is 447 g/mol. The number of hydrogen-bond acceptors (Lipinski definition) is 4. The van der Waals surface area contributed by atoms with Gasteiger partial charge in [-0.25, -0.2) is 4.39 Å². The van der Waals surface area contributed by atoms with Crippen molar-refractivity contribution in [3.8, 4) is 0 Å². The number of hydrogen-bond donors (Lipinski definition) is 4. The Labute approximate surface area is 181 Å². The molecule has 0 spiro atoms. The number of halogens is 4. The van der Waals surface area contributed by atoms with Crippen molar-refractivity contribution in [1.29, 1.82) is 5.41 Å². The maximum atomic E-state index is 14.2. The second-order valence-electron chi connectivity index (χ2n) is 7.11. The van der Waals surface area contributed by atoms with Crippen LogP contribution in [-0.4, -0.2) is 27.2 Å². The predicted octanol–water partition coefficient (Wildman–Crippen LogP) is 4.84. The first-order valence-corrected chi connectivity index (χ1v) is 9.52. The first-order valence-electron chi connectivity index (χ1n) is 9.52. The SMILES string of the molecule is C=CCn1cc(C(O)(c2ccc(Nc3ccc(F)cc3)c(C=N)c2)C(F)(F)F)cc1CO. The minimum absolute atomic E-state index is 0.0856. The molecule has 168 valence electrons.